The predicted octanol–water partition coefficient (Wildman–Crippen LogP) is 1.50. The molecule has 2 heteroatoms. The molecule has 0 amide bonds. The van der Waals surface area contributed by atoms with E-state index in [1.54, 1.807) is 6.07 Å². The lowest BCUT2D eigenvalue weighted by atomic mass is 10.2. The first-order valence-electron chi connectivity index (χ1n) is 2.41. The topological polar surface area (TPSA) is 23.8 Å². The van der Waals surface area contributed by atoms with Gasteiger partial charge in [-0.05, 0) is 6.07 Å². The second-order valence-corrected chi connectivity index (χ2v) is 1.50. The van der Waals surface area contributed by atoms with Gasteiger partial charge < -0.3 is 0 Å². The monoisotopic (exact) mass is 120 g/mol. The number of hydrogen-bond acceptors (Lipinski definition) is 1. The van der Waals surface area contributed by atoms with Crippen LogP contribution in [0.2, 0.25) is 0 Å². The van der Waals surface area contributed by atoms with Gasteiger partial charge in [0.15, 0.2) is 0 Å². The number of benzene rings is 1. The van der Waals surface area contributed by atoms with Gasteiger partial charge in [0, 0.05) is 6.07 Å². The first-order chi connectivity index (χ1) is 4.34. The van der Waals surface area contributed by atoms with E-state index in [4.69, 9.17) is 5.26 Å². The Morgan fingerprint density at radius 2 is 2.44 bits per heavy atom. The summed E-state index contributed by atoms with van der Waals surface area (Å²) in [6, 6.07) is 8.34. The first kappa shape index (κ1) is 5.77. The molecule has 9 heavy (non-hydrogen) atoms. The third-order valence-corrected chi connectivity index (χ3v) is 0.917. The largest absolute Gasteiger partial charge is 0.206 e. The van der Waals surface area contributed by atoms with Crippen LogP contribution in [0.3, 0.4) is 0 Å². The van der Waals surface area contributed by atoms with Crippen molar-refractivity contribution in [1.82, 2.24) is 0 Å². The molecule has 1 aromatic carbocycles. The minimum Gasteiger partial charge on any atom is -0.206 e. The third kappa shape index (κ3) is 1.06. The normalized spacial score (nSPS) is 8.44. The summed E-state index contributed by atoms with van der Waals surface area (Å²) in [6.45, 7) is 0. The number of halogens is 1. The van der Waals surface area contributed by atoms with Gasteiger partial charge in [0.2, 0.25) is 0 Å². The number of rotatable bonds is 0. The highest BCUT2D eigenvalue weighted by atomic mass is 19.1. The van der Waals surface area contributed by atoms with Crippen molar-refractivity contribution in [2.45, 2.75) is 0 Å². The Hall–Kier alpha value is -1.36. The molecule has 0 spiro atoms. The van der Waals surface area contributed by atoms with Crippen LogP contribution in [0.4, 0.5) is 4.39 Å². The summed E-state index contributed by atoms with van der Waals surface area (Å²) in [6.07, 6.45) is 0. The summed E-state index contributed by atoms with van der Waals surface area (Å²) in [7, 11) is 0. The molecule has 43 valence electrons. The lowest BCUT2D eigenvalue weighted by Gasteiger charge is -1.85. The smallest absolute Gasteiger partial charge is 0.141 e. The van der Waals surface area contributed by atoms with Crippen LogP contribution in [-0.4, -0.2) is 0 Å². The van der Waals surface area contributed by atoms with Gasteiger partial charge in [0.05, 0.1) is 5.56 Å². The van der Waals surface area contributed by atoms with Crippen LogP contribution in [0.5, 0.6) is 0 Å². The zero-order valence-corrected chi connectivity index (χ0v) is 4.56. The summed E-state index contributed by atoms with van der Waals surface area (Å²) < 4.78 is 12.3. The molecule has 1 radical (unpaired) electrons. The van der Waals surface area contributed by atoms with Crippen LogP contribution in [-0.2, 0) is 0 Å². The maximum absolute atomic E-state index is 12.3. The van der Waals surface area contributed by atoms with Gasteiger partial charge in [-0.1, -0.05) is 12.1 Å². The standard InChI is InChI=1S/C7H3FN/c8-7-4-2-1-3-6(7)5-9/h1-2,4H. The molecule has 0 N–H and O–H groups in total. The zero-order valence-electron chi connectivity index (χ0n) is 4.56. The lowest BCUT2D eigenvalue weighted by Crippen LogP contribution is -1.79. The molecule has 0 aromatic heterocycles. The summed E-state index contributed by atoms with van der Waals surface area (Å²) in [5.74, 6) is -0.514. The highest BCUT2D eigenvalue weighted by Gasteiger charge is 1.95. The molecule has 0 atom stereocenters. The van der Waals surface area contributed by atoms with Gasteiger partial charge in [-0.2, -0.15) is 5.26 Å². The van der Waals surface area contributed by atoms with Crippen molar-refractivity contribution >= 4 is 0 Å². The van der Waals surface area contributed by atoms with E-state index >= 15 is 0 Å². The fraction of sp³-hybridized carbons (Fsp3) is 0. The maximum atomic E-state index is 12.3. The van der Waals surface area contributed by atoms with Crippen molar-refractivity contribution < 1.29 is 4.39 Å². The van der Waals surface area contributed by atoms with E-state index in [-0.39, 0.29) is 5.56 Å². The Balaban J connectivity index is 3.20. The predicted molar refractivity (Wildman–Crippen MR) is 30.0 cm³/mol. The summed E-state index contributed by atoms with van der Waals surface area (Å²) >= 11 is 0. The SMILES string of the molecule is N#Cc1[c]cccc1F. The molecule has 1 nitrogen and oxygen atoms in total. The van der Waals surface area contributed by atoms with Crippen molar-refractivity contribution in [2.24, 2.45) is 0 Å². The first-order valence-corrected chi connectivity index (χ1v) is 2.41. The van der Waals surface area contributed by atoms with Gasteiger partial charge in [0.25, 0.3) is 0 Å². The van der Waals surface area contributed by atoms with E-state index in [2.05, 4.69) is 6.07 Å². The highest BCUT2D eigenvalue weighted by molar-refractivity contribution is 5.28. The minimum absolute atomic E-state index is 0.0301. The summed E-state index contributed by atoms with van der Waals surface area (Å²) in [5.41, 5.74) is -0.0301. The Labute approximate surface area is 52.4 Å². The molecule has 0 saturated carbocycles. The number of nitriles is 1. The van der Waals surface area contributed by atoms with E-state index < -0.39 is 5.82 Å². The Bertz CT molecular complexity index is 249. The van der Waals surface area contributed by atoms with Crippen LogP contribution in [0.15, 0.2) is 18.2 Å². The van der Waals surface area contributed by atoms with E-state index in [1.807, 2.05) is 0 Å². The van der Waals surface area contributed by atoms with Crippen LogP contribution in [0, 0.1) is 23.2 Å². The molecule has 0 unspecified atom stereocenters. The van der Waals surface area contributed by atoms with Gasteiger partial charge in [-0.15, -0.1) is 0 Å². The van der Waals surface area contributed by atoms with E-state index in [1.165, 1.54) is 18.2 Å². The number of hydrogen-bond donors (Lipinski definition) is 0. The highest BCUT2D eigenvalue weighted by Crippen LogP contribution is 2.01. The average molecular weight is 120 g/mol. The Morgan fingerprint density at radius 3 is 2.89 bits per heavy atom. The molecule has 0 fully saturated rings. The van der Waals surface area contributed by atoms with E-state index in [0.717, 1.165) is 0 Å². The van der Waals surface area contributed by atoms with Crippen molar-refractivity contribution in [1.29, 1.82) is 5.26 Å². The summed E-state index contributed by atoms with van der Waals surface area (Å²) in [5, 5.41) is 8.20. The molecule has 0 saturated heterocycles. The van der Waals surface area contributed by atoms with Gasteiger partial charge in [0.1, 0.15) is 11.9 Å². The fourth-order valence-electron chi connectivity index (χ4n) is 0.502. The maximum Gasteiger partial charge on any atom is 0.141 e. The Morgan fingerprint density at radius 1 is 1.67 bits per heavy atom. The fourth-order valence-corrected chi connectivity index (χ4v) is 0.502. The van der Waals surface area contributed by atoms with E-state index in [9.17, 15) is 4.39 Å². The lowest BCUT2D eigenvalue weighted by molar-refractivity contribution is 0.623. The minimum atomic E-state index is -0.514. The molecule has 0 aliphatic rings. The average Bonchev–Trinajstić information content (AvgIpc) is 1.89. The molecule has 0 aliphatic carbocycles. The van der Waals surface area contributed by atoms with E-state index in [0.29, 0.717) is 0 Å². The molecular formula is C7H3FN. The van der Waals surface area contributed by atoms with Crippen LogP contribution < -0.4 is 0 Å². The molecule has 1 rings (SSSR count). The quantitative estimate of drug-likeness (QED) is 0.509. The zero-order chi connectivity index (χ0) is 6.69. The summed E-state index contributed by atoms with van der Waals surface area (Å²) in [4.78, 5) is 0. The van der Waals surface area contributed by atoms with Gasteiger partial charge >= 0.3 is 0 Å². The van der Waals surface area contributed by atoms with Crippen molar-refractivity contribution in [3.63, 3.8) is 0 Å². The van der Waals surface area contributed by atoms with Crippen molar-refractivity contribution in [3.05, 3.63) is 35.6 Å². The molecule has 0 aliphatic heterocycles. The molecule has 0 heterocycles. The molecule has 1 aromatic rings. The molecular weight excluding hydrogens is 117 g/mol. The second-order valence-electron chi connectivity index (χ2n) is 1.50. The van der Waals surface area contributed by atoms with Crippen molar-refractivity contribution in [3.8, 4) is 6.07 Å². The van der Waals surface area contributed by atoms with Crippen LogP contribution in [0.1, 0.15) is 5.56 Å². The van der Waals surface area contributed by atoms with Crippen LogP contribution >= 0.6 is 0 Å². The van der Waals surface area contributed by atoms with Gasteiger partial charge in [-0.25, -0.2) is 4.39 Å². The molecule has 0 bridgehead atoms. The Kier molecular flexibility index (Phi) is 1.46. The second kappa shape index (κ2) is 2.27. The van der Waals surface area contributed by atoms with Gasteiger partial charge in [-0.3, -0.25) is 0 Å². The third-order valence-electron chi connectivity index (χ3n) is 0.917. The number of nitrogens with zero attached hydrogens (tertiary/aromatic N) is 1. The van der Waals surface area contributed by atoms with Crippen LogP contribution in [0.25, 0.3) is 0 Å². The van der Waals surface area contributed by atoms with Crippen molar-refractivity contribution in [2.75, 3.05) is 0 Å².